The lowest BCUT2D eigenvalue weighted by atomic mass is 10.1. The van der Waals surface area contributed by atoms with Gasteiger partial charge in [-0.05, 0) is 49.1 Å². The van der Waals surface area contributed by atoms with Crippen molar-refractivity contribution >= 4 is 46.6 Å². The Balaban J connectivity index is 2.19. The van der Waals surface area contributed by atoms with E-state index < -0.39 is 6.04 Å². The maximum Gasteiger partial charge on any atom is 0.242 e. The Bertz CT molecular complexity index is 858. The SMILES string of the molecule is CCCNC(=O)[C@H](C)N(Cc1ccc(Cl)cc1Cl)C(=O)CCc1ccccc1Cl. The molecular weight excluding hydrogens is 431 g/mol. The van der Waals surface area contributed by atoms with E-state index >= 15 is 0 Å². The monoisotopic (exact) mass is 454 g/mol. The summed E-state index contributed by atoms with van der Waals surface area (Å²) >= 11 is 18.5. The van der Waals surface area contributed by atoms with Gasteiger partial charge in [0.2, 0.25) is 11.8 Å². The molecule has 0 saturated heterocycles. The lowest BCUT2D eigenvalue weighted by Gasteiger charge is -2.29. The van der Waals surface area contributed by atoms with Crippen LogP contribution in [0.3, 0.4) is 0 Å². The second-order valence-electron chi connectivity index (χ2n) is 6.82. The van der Waals surface area contributed by atoms with Gasteiger partial charge in [0.15, 0.2) is 0 Å². The fourth-order valence-electron chi connectivity index (χ4n) is 2.90. The first-order valence-electron chi connectivity index (χ1n) is 9.58. The number of nitrogens with zero attached hydrogens (tertiary/aromatic N) is 1. The van der Waals surface area contributed by atoms with Crippen LogP contribution in [-0.2, 0) is 22.6 Å². The van der Waals surface area contributed by atoms with Crippen LogP contribution >= 0.6 is 34.8 Å². The van der Waals surface area contributed by atoms with Gasteiger partial charge in [0.25, 0.3) is 0 Å². The normalized spacial score (nSPS) is 11.8. The first-order chi connectivity index (χ1) is 13.8. The molecule has 0 radical (unpaired) electrons. The zero-order valence-corrected chi connectivity index (χ0v) is 18.8. The first kappa shape index (κ1) is 23.5. The van der Waals surface area contributed by atoms with Gasteiger partial charge in [0.1, 0.15) is 6.04 Å². The van der Waals surface area contributed by atoms with E-state index in [0.29, 0.717) is 28.0 Å². The lowest BCUT2D eigenvalue weighted by molar-refractivity contribution is -0.140. The topological polar surface area (TPSA) is 49.4 Å². The minimum Gasteiger partial charge on any atom is -0.354 e. The summed E-state index contributed by atoms with van der Waals surface area (Å²) in [6, 6.07) is 11.9. The van der Waals surface area contributed by atoms with E-state index in [9.17, 15) is 9.59 Å². The molecule has 0 aliphatic carbocycles. The van der Waals surface area contributed by atoms with E-state index in [1.165, 1.54) is 0 Å². The van der Waals surface area contributed by atoms with Gasteiger partial charge in [-0.3, -0.25) is 9.59 Å². The Labute approximate surface area is 187 Å². The van der Waals surface area contributed by atoms with Crippen LogP contribution in [-0.4, -0.2) is 29.3 Å². The highest BCUT2D eigenvalue weighted by molar-refractivity contribution is 6.35. The van der Waals surface area contributed by atoms with Gasteiger partial charge in [-0.15, -0.1) is 0 Å². The molecule has 4 nitrogen and oxygen atoms in total. The van der Waals surface area contributed by atoms with Gasteiger partial charge in [-0.1, -0.05) is 66.0 Å². The van der Waals surface area contributed by atoms with Crippen molar-refractivity contribution in [2.24, 2.45) is 0 Å². The van der Waals surface area contributed by atoms with Crippen molar-refractivity contribution in [3.63, 3.8) is 0 Å². The molecule has 0 fully saturated rings. The largest absolute Gasteiger partial charge is 0.354 e. The summed E-state index contributed by atoms with van der Waals surface area (Å²) < 4.78 is 0. The molecule has 0 saturated carbocycles. The second kappa shape index (κ2) is 11.4. The molecular formula is C22H25Cl3N2O2. The summed E-state index contributed by atoms with van der Waals surface area (Å²) in [5.74, 6) is -0.335. The second-order valence-corrected chi connectivity index (χ2v) is 8.07. The van der Waals surface area contributed by atoms with Crippen LogP contribution in [0.4, 0.5) is 0 Å². The van der Waals surface area contributed by atoms with Crippen LogP contribution < -0.4 is 5.32 Å². The molecule has 2 amide bonds. The number of hydrogen-bond donors (Lipinski definition) is 1. The van der Waals surface area contributed by atoms with Gasteiger partial charge in [-0.25, -0.2) is 0 Å². The zero-order chi connectivity index (χ0) is 21.4. The number of carbonyl (C=O) groups is 2. The third-order valence-electron chi connectivity index (χ3n) is 4.64. The molecule has 7 heteroatoms. The minimum atomic E-state index is -0.632. The highest BCUT2D eigenvalue weighted by atomic mass is 35.5. The molecule has 2 aromatic rings. The summed E-state index contributed by atoms with van der Waals surface area (Å²) in [6.45, 7) is 4.48. The van der Waals surface area contributed by atoms with E-state index in [1.54, 1.807) is 36.1 Å². The first-order valence-corrected chi connectivity index (χ1v) is 10.7. The third kappa shape index (κ3) is 6.91. The summed E-state index contributed by atoms with van der Waals surface area (Å²) in [7, 11) is 0. The molecule has 0 spiro atoms. The lowest BCUT2D eigenvalue weighted by Crippen LogP contribution is -2.47. The molecule has 2 rings (SSSR count). The van der Waals surface area contributed by atoms with Crippen LogP contribution in [0, 0.1) is 0 Å². The van der Waals surface area contributed by atoms with Gasteiger partial charge < -0.3 is 10.2 Å². The number of benzene rings is 2. The van der Waals surface area contributed by atoms with Crippen LogP contribution in [0.1, 0.15) is 37.8 Å². The van der Waals surface area contributed by atoms with E-state index in [1.807, 2.05) is 25.1 Å². The fourth-order valence-corrected chi connectivity index (χ4v) is 3.60. The Morgan fingerprint density at radius 3 is 2.41 bits per heavy atom. The maximum absolute atomic E-state index is 13.1. The quantitative estimate of drug-likeness (QED) is 0.541. The molecule has 156 valence electrons. The Kier molecular flexibility index (Phi) is 9.28. The van der Waals surface area contributed by atoms with Crippen molar-refractivity contribution < 1.29 is 9.59 Å². The van der Waals surface area contributed by atoms with Crippen molar-refractivity contribution in [3.8, 4) is 0 Å². The van der Waals surface area contributed by atoms with Crippen LogP contribution in [0.2, 0.25) is 15.1 Å². The van der Waals surface area contributed by atoms with Gasteiger partial charge in [0, 0.05) is 34.6 Å². The van der Waals surface area contributed by atoms with Crippen molar-refractivity contribution in [2.45, 2.75) is 45.7 Å². The van der Waals surface area contributed by atoms with Crippen LogP contribution in [0.25, 0.3) is 0 Å². The number of carbonyl (C=O) groups excluding carboxylic acids is 2. The van der Waals surface area contributed by atoms with Gasteiger partial charge in [-0.2, -0.15) is 0 Å². The number of halogens is 3. The van der Waals surface area contributed by atoms with Crippen LogP contribution in [0.15, 0.2) is 42.5 Å². The number of hydrogen-bond acceptors (Lipinski definition) is 2. The summed E-state index contributed by atoms with van der Waals surface area (Å²) in [5, 5.41) is 4.46. The average Bonchev–Trinajstić information content (AvgIpc) is 2.70. The Morgan fingerprint density at radius 2 is 1.76 bits per heavy atom. The zero-order valence-electron chi connectivity index (χ0n) is 16.6. The van der Waals surface area contributed by atoms with Crippen molar-refractivity contribution in [1.29, 1.82) is 0 Å². The molecule has 0 aliphatic heterocycles. The fraction of sp³-hybridized carbons (Fsp3) is 0.364. The van der Waals surface area contributed by atoms with Gasteiger partial charge >= 0.3 is 0 Å². The molecule has 0 heterocycles. The van der Waals surface area contributed by atoms with E-state index in [4.69, 9.17) is 34.8 Å². The Hall–Kier alpha value is -1.75. The molecule has 1 atom stereocenters. The predicted molar refractivity (Wildman–Crippen MR) is 120 cm³/mol. The van der Waals surface area contributed by atoms with E-state index in [-0.39, 0.29) is 24.8 Å². The highest BCUT2D eigenvalue weighted by Crippen LogP contribution is 2.24. The van der Waals surface area contributed by atoms with Crippen molar-refractivity contribution in [1.82, 2.24) is 10.2 Å². The molecule has 1 N–H and O–H groups in total. The summed E-state index contributed by atoms with van der Waals surface area (Å²) in [5.41, 5.74) is 1.63. The minimum absolute atomic E-state index is 0.143. The van der Waals surface area contributed by atoms with E-state index in [0.717, 1.165) is 17.5 Å². The smallest absolute Gasteiger partial charge is 0.242 e. The number of aryl methyl sites for hydroxylation is 1. The number of nitrogens with one attached hydrogen (secondary N) is 1. The molecule has 2 aromatic carbocycles. The summed E-state index contributed by atoms with van der Waals surface area (Å²) in [6.07, 6.45) is 1.55. The number of amides is 2. The molecule has 0 aliphatic rings. The summed E-state index contributed by atoms with van der Waals surface area (Å²) in [4.78, 5) is 27.1. The molecule has 0 aromatic heterocycles. The van der Waals surface area contributed by atoms with E-state index in [2.05, 4.69) is 5.32 Å². The maximum atomic E-state index is 13.1. The van der Waals surface area contributed by atoms with Gasteiger partial charge in [0.05, 0.1) is 0 Å². The van der Waals surface area contributed by atoms with Crippen LogP contribution in [0.5, 0.6) is 0 Å². The van der Waals surface area contributed by atoms with Crippen molar-refractivity contribution in [3.05, 3.63) is 68.7 Å². The highest BCUT2D eigenvalue weighted by Gasteiger charge is 2.26. The predicted octanol–water partition coefficient (Wildman–Crippen LogP) is 5.52. The molecule has 0 bridgehead atoms. The van der Waals surface area contributed by atoms with Crippen molar-refractivity contribution in [2.75, 3.05) is 6.54 Å². The third-order valence-corrected chi connectivity index (χ3v) is 5.59. The standard InChI is InChI=1S/C22H25Cl3N2O2/c1-3-12-26-22(29)15(2)27(14-17-8-10-18(23)13-20(17)25)21(28)11-9-16-6-4-5-7-19(16)24/h4-8,10,13,15H,3,9,11-12,14H2,1-2H3,(H,26,29)/t15-/m0/s1. The number of rotatable bonds is 9. The molecule has 0 unspecified atom stereocenters. The average molecular weight is 456 g/mol. The Morgan fingerprint density at radius 1 is 1.03 bits per heavy atom. The molecule has 29 heavy (non-hydrogen) atoms.